The van der Waals surface area contributed by atoms with Crippen LogP contribution in [-0.2, 0) is 13.1 Å². The van der Waals surface area contributed by atoms with Crippen molar-refractivity contribution in [2.24, 2.45) is 0 Å². The van der Waals surface area contributed by atoms with Crippen LogP contribution in [-0.4, -0.2) is 33.9 Å². The third-order valence-corrected chi connectivity index (χ3v) is 3.14. The lowest BCUT2D eigenvalue weighted by Crippen LogP contribution is -2.08. The van der Waals surface area contributed by atoms with Crippen LogP contribution in [0.4, 0.5) is 5.95 Å². The summed E-state index contributed by atoms with van der Waals surface area (Å²) in [5.41, 5.74) is 0.954. The van der Waals surface area contributed by atoms with Crippen molar-refractivity contribution in [1.29, 1.82) is 0 Å². The molecule has 0 bridgehead atoms. The van der Waals surface area contributed by atoms with Gasteiger partial charge in [0.25, 0.3) is 0 Å². The second-order valence-corrected chi connectivity index (χ2v) is 4.62. The highest BCUT2D eigenvalue weighted by atomic mass is 35.5. The molecule has 0 aliphatic rings. The summed E-state index contributed by atoms with van der Waals surface area (Å²) in [6.45, 7) is 5.65. The largest absolute Gasteiger partial charge is 0.491 e. The number of hydrogen-bond acceptors (Lipinski definition) is 6. The van der Waals surface area contributed by atoms with Crippen molar-refractivity contribution >= 4 is 17.5 Å². The van der Waals surface area contributed by atoms with Crippen molar-refractivity contribution in [2.45, 2.75) is 26.9 Å². The number of aryl methyl sites for hydroxylation is 1. The van der Waals surface area contributed by atoms with Crippen molar-refractivity contribution in [3.63, 3.8) is 0 Å². The van der Waals surface area contributed by atoms with E-state index in [1.54, 1.807) is 11.8 Å². The maximum absolute atomic E-state index is 6.21. The van der Waals surface area contributed by atoms with Gasteiger partial charge in [0.1, 0.15) is 0 Å². The minimum absolute atomic E-state index is 0.510. The third-order valence-electron chi connectivity index (χ3n) is 2.86. The number of halogens is 1. The predicted octanol–water partition coefficient (Wildman–Crippen LogP) is 2.37. The Hall–Kier alpha value is -2.02. The Morgan fingerprint density at radius 2 is 2.14 bits per heavy atom. The zero-order valence-electron chi connectivity index (χ0n) is 12.3. The first-order valence-electron chi connectivity index (χ1n) is 6.68. The molecule has 2 rings (SSSR count). The number of ether oxygens (including phenoxy) is 2. The van der Waals surface area contributed by atoms with Crippen LogP contribution in [0.1, 0.15) is 19.4 Å². The summed E-state index contributed by atoms with van der Waals surface area (Å²) < 4.78 is 12.5. The van der Waals surface area contributed by atoms with E-state index in [2.05, 4.69) is 20.8 Å². The minimum atomic E-state index is 0.510. The number of anilines is 1. The molecule has 1 aromatic carbocycles. The van der Waals surface area contributed by atoms with Crippen LogP contribution in [0, 0.1) is 0 Å². The van der Waals surface area contributed by atoms with Gasteiger partial charge in [0, 0.05) is 13.1 Å². The zero-order valence-corrected chi connectivity index (χ0v) is 13.0. The first-order valence-corrected chi connectivity index (χ1v) is 7.06. The molecular weight excluding hydrogens is 294 g/mol. The fraction of sp³-hybridized carbons (Fsp3) is 0.462. The van der Waals surface area contributed by atoms with Crippen molar-refractivity contribution in [2.75, 3.05) is 19.0 Å². The van der Waals surface area contributed by atoms with E-state index < -0.39 is 0 Å². The Bertz CT molecular complexity index is 602. The molecule has 0 unspecified atom stereocenters. The molecule has 0 aliphatic heterocycles. The molecule has 0 atom stereocenters. The normalized spacial score (nSPS) is 10.5. The average Bonchev–Trinajstić information content (AvgIpc) is 2.93. The van der Waals surface area contributed by atoms with Crippen LogP contribution in [0.3, 0.4) is 0 Å². The second-order valence-electron chi connectivity index (χ2n) is 4.21. The average molecular weight is 312 g/mol. The van der Waals surface area contributed by atoms with Gasteiger partial charge in [-0.15, -0.1) is 0 Å². The van der Waals surface area contributed by atoms with Crippen LogP contribution < -0.4 is 14.8 Å². The number of nitrogens with zero attached hydrogens (tertiary/aromatic N) is 4. The monoisotopic (exact) mass is 311 g/mol. The maximum atomic E-state index is 6.21. The predicted molar refractivity (Wildman–Crippen MR) is 80.0 cm³/mol. The molecule has 7 nitrogen and oxygen atoms in total. The Morgan fingerprint density at radius 3 is 2.81 bits per heavy atom. The number of methoxy groups -OCH3 is 1. The summed E-state index contributed by atoms with van der Waals surface area (Å²) in [6.07, 6.45) is 0. The zero-order chi connectivity index (χ0) is 15.2. The lowest BCUT2D eigenvalue weighted by atomic mass is 10.2. The smallest absolute Gasteiger partial charge is 0.243 e. The van der Waals surface area contributed by atoms with Crippen molar-refractivity contribution < 1.29 is 9.47 Å². The van der Waals surface area contributed by atoms with Gasteiger partial charge in [-0.3, -0.25) is 0 Å². The fourth-order valence-electron chi connectivity index (χ4n) is 1.91. The fourth-order valence-corrected chi connectivity index (χ4v) is 2.22. The molecule has 0 fully saturated rings. The molecule has 21 heavy (non-hydrogen) atoms. The molecule has 0 saturated carbocycles. The van der Waals surface area contributed by atoms with Crippen molar-refractivity contribution in [3.05, 3.63) is 22.7 Å². The number of aromatic nitrogens is 4. The summed E-state index contributed by atoms with van der Waals surface area (Å²) in [5.74, 6) is 1.78. The number of nitrogens with one attached hydrogen (secondary N) is 1. The highest BCUT2D eigenvalue weighted by Crippen LogP contribution is 2.36. The number of hydrogen-bond donors (Lipinski definition) is 1. The van der Waals surface area contributed by atoms with Crippen LogP contribution in [0.2, 0.25) is 5.02 Å². The van der Waals surface area contributed by atoms with Crippen LogP contribution >= 0.6 is 11.6 Å². The van der Waals surface area contributed by atoms with E-state index >= 15 is 0 Å². The molecule has 2 aromatic rings. The highest BCUT2D eigenvalue weighted by molar-refractivity contribution is 6.32. The Kier molecular flexibility index (Phi) is 5.21. The SMILES string of the molecule is CCOc1cc(CNc2nnnn2CC)cc(Cl)c1OC. The quantitative estimate of drug-likeness (QED) is 0.846. The van der Waals surface area contributed by atoms with Crippen LogP contribution in [0.15, 0.2) is 12.1 Å². The summed E-state index contributed by atoms with van der Waals surface area (Å²) in [5, 5.41) is 15.1. The van der Waals surface area contributed by atoms with E-state index in [1.807, 2.05) is 26.0 Å². The van der Waals surface area contributed by atoms with Gasteiger partial charge in [-0.05, 0) is 42.0 Å². The minimum Gasteiger partial charge on any atom is -0.491 e. The lowest BCUT2D eigenvalue weighted by molar-refractivity contribution is 0.310. The van der Waals surface area contributed by atoms with Crippen molar-refractivity contribution in [3.8, 4) is 11.5 Å². The molecule has 0 spiro atoms. The molecule has 0 radical (unpaired) electrons. The Balaban J connectivity index is 2.16. The van der Waals surface area contributed by atoms with E-state index in [9.17, 15) is 0 Å². The van der Waals surface area contributed by atoms with Crippen LogP contribution in [0.5, 0.6) is 11.5 Å². The molecule has 8 heteroatoms. The molecule has 1 heterocycles. The van der Waals surface area contributed by atoms with Gasteiger partial charge in [0.05, 0.1) is 18.7 Å². The molecule has 0 saturated heterocycles. The third kappa shape index (κ3) is 3.55. The van der Waals surface area contributed by atoms with Gasteiger partial charge >= 0.3 is 0 Å². The number of benzene rings is 1. The number of tetrazole rings is 1. The summed E-state index contributed by atoms with van der Waals surface area (Å²) in [4.78, 5) is 0. The van der Waals surface area contributed by atoms with Gasteiger partial charge < -0.3 is 14.8 Å². The van der Waals surface area contributed by atoms with E-state index in [1.165, 1.54) is 0 Å². The summed E-state index contributed by atoms with van der Waals surface area (Å²) in [7, 11) is 1.57. The molecule has 1 N–H and O–H groups in total. The van der Waals surface area contributed by atoms with E-state index in [0.717, 1.165) is 5.56 Å². The maximum Gasteiger partial charge on any atom is 0.243 e. The molecule has 0 aliphatic carbocycles. The number of rotatable bonds is 7. The second kappa shape index (κ2) is 7.12. The summed E-state index contributed by atoms with van der Waals surface area (Å²) >= 11 is 6.21. The van der Waals surface area contributed by atoms with E-state index in [4.69, 9.17) is 21.1 Å². The Morgan fingerprint density at radius 1 is 1.33 bits per heavy atom. The lowest BCUT2D eigenvalue weighted by Gasteiger charge is -2.13. The molecule has 0 amide bonds. The van der Waals surface area contributed by atoms with Gasteiger partial charge in [-0.1, -0.05) is 16.7 Å². The van der Waals surface area contributed by atoms with Crippen molar-refractivity contribution in [1.82, 2.24) is 20.2 Å². The summed E-state index contributed by atoms with van der Waals surface area (Å²) in [6, 6.07) is 3.72. The highest BCUT2D eigenvalue weighted by Gasteiger charge is 2.12. The first kappa shape index (κ1) is 15.4. The van der Waals surface area contributed by atoms with E-state index in [-0.39, 0.29) is 0 Å². The molecule has 114 valence electrons. The topological polar surface area (TPSA) is 74.1 Å². The van der Waals surface area contributed by atoms with Gasteiger partial charge in [-0.25, -0.2) is 4.68 Å². The molecule has 1 aromatic heterocycles. The Labute approximate surface area is 128 Å². The van der Waals surface area contributed by atoms with Gasteiger partial charge in [0.15, 0.2) is 11.5 Å². The van der Waals surface area contributed by atoms with Crippen LogP contribution in [0.25, 0.3) is 0 Å². The van der Waals surface area contributed by atoms with Gasteiger partial charge in [0.2, 0.25) is 5.95 Å². The van der Waals surface area contributed by atoms with E-state index in [0.29, 0.717) is 42.2 Å². The standard InChI is InChI=1S/C13H18ClN5O2/c1-4-19-13(16-17-18-19)15-8-9-6-10(14)12(20-3)11(7-9)21-5-2/h6-7H,4-5,8H2,1-3H3,(H,15,16,18). The first-order chi connectivity index (χ1) is 10.2. The van der Waals surface area contributed by atoms with Gasteiger partial charge in [-0.2, -0.15) is 0 Å². The molecular formula is C13H18ClN5O2.